The van der Waals surface area contributed by atoms with E-state index in [4.69, 9.17) is 14.6 Å². The smallest absolute Gasteiger partial charge is 0.326 e. The van der Waals surface area contributed by atoms with Gasteiger partial charge >= 0.3 is 5.97 Å². The Bertz CT molecular complexity index is 1250. The van der Waals surface area contributed by atoms with Gasteiger partial charge in [-0.25, -0.2) is 4.79 Å². The van der Waals surface area contributed by atoms with Crippen LogP contribution < -0.4 is 16.0 Å². The molecule has 1 saturated heterocycles. The standard InChI is InChI=1S/C33H52N6O11S/c1-7-25(40)34-11-14-38(15-12-35-26(41)8-2)28(43)10-9-27(42)36-13-17-49-19-20-50-18-16-39-29(44)21-24(31(39)46)51-33(4,5)22-30(45)37(6)23(3)32(47)48/h7-8,23-24H,1-2,9-22H2,3-6H3,(H,34,40)(H,35,41)(H,36,42)(H,47,48)/t23-,24?/m0/s1. The molecule has 1 heterocycles. The van der Waals surface area contributed by atoms with Crippen LogP contribution in [-0.2, 0) is 47.8 Å². The number of carbonyl (C=O) groups is 8. The van der Waals surface area contributed by atoms with E-state index in [-0.39, 0.29) is 133 Å². The highest BCUT2D eigenvalue weighted by atomic mass is 32.2. The molecule has 1 rings (SSSR count). The lowest BCUT2D eigenvalue weighted by Crippen LogP contribution is -2.42. The number of thioether (sulfide) groups is 1. The average Bonchev–Trinajstić information content (AvgIpc) is 3.34. The van der Waals surface area contributed by atoms with Crippen LogP contribution in [0.2, 0.25) is 0 Å². The van der Waals surface area contributed by atoms with E-state index in [1.807, 2.05) is 0 Å². The van der Waals surface area contributed by atoms with Crippen LogP contribution in [-0.4, -0.2) is 156 Å². The van der Waals surface area contributed by atoms with Gasteiger partial charge in [0.2, 0.25) is 41.4 Å². The number of aliphatic carboxylic acids is 1. The van der Waals surface area contributed by atoms with E-state index in [0.717, 1.165) is 22.0 Å². The highest BCUT2D eigenvalue weighted by molar-refractivity contribution is 8.02. The fourth-order valence-electron chi connectivity index (χ4n) is 4.62. The molecule has 1 unspecified atom stereocenters. The van der Waals surface area contributed by atoms with Gasteiger partial charge in [0, 0.05) is 70.2 Å². The summed E-state index contributed by atoms with van der Waals surface area (Å²) in [7, 11) is 1.41. The van der Waals surface area contributed by atoms with Gasteiger partial charge in [0.05, 0.1) is 38.2 Å². The Labute approximate surface area is 302 Å². The molecule has 7 amide bonds. The second-order valence-corrected chi connectivity index (χ2v) is 14.0. The minimum Gasteiger partial charge on any atom is -0.480 e. The molecule has 1 fully saturated rings. The van der Waals surface area contributed by atoms with Crippen molar-refractivity contribution in [1.82, 2.24) is 30.7 Å². The van der Waals surface area contributed by atoms with Crippen molar-refractivity contribution in [2.45, 2.75) is 62.5 Å². The Morgan fingerprint density at radius 1 is 0.922 bits per heavy atom. The van der Waals surface area contributed by atoms with E-state index in [1.54, 1.807) is 13.8 Å². The summed E-state index contributed by atoms with van der Waals surface area (Å²) in [4.78, 5) is 101. The molecule has 51 heavy (non-hydrogen) atoms. The average molecular weight is 741 g/mol. The molecule has 0 radical (unpaired) electrons. The normalized spacial score (nSPS) is 14.7. The van der Waals surface area contributed by atoms with Gasteiger partial charge in [-0.3, -0.25) is 38.5 Å². The monoisotopic (exact) mass is 740 g/mol. The number of likely N-dealkylation sites (tertiary alicyclic amines) is 1. The third-order valence-corrected chi connectivity index (χ3v) is 9.06. The second kappa shape index (κ2) is 23.2. The van der Waals surface area contributed by atoms with Crippen LogP contribution in [0.25, 0.3) is 0 Å². The van der Waals surface area contributed by atoms with Gasteiger partial charge in [0.1, 0.15) is 6.04 Å². The number of rotatable bonds is 26. The number of hydrogen-bond donors (Lipinski definition) is 4. The van der Waals surface area contributed by atoms with E-state index >= 15 is 0 Å². The highest BCUT2D eigenvalue weighted by Gasteiger charge is 2.42. The molecule has 2 atom stereocenters. The number of ether oxygens (including phenoxy) is 2. The summed E-state index contributed by atoms with van der Waals surface area (Å²) in [6, 6.07) is -0.990. The largest absolute Gasteiger partial charge is 0.480 e. The minimum atomic E-state index is -1.12. The van der Waals surface area contributed by atoms with Crippen molar-refractivity contribution < 1.29 is 52.9 Å². The maximum Gasteiger partial charge on any atom is 0.326 e. The van der Waals surface area contributed by atoms with Crippen LogP contribution in [0.5, 0.6) is 0 Å². The topological polar surface area (TPSA) is 221 Å². The molecule has 286 valence electrons. The maximum atomic E-state index is 12.9. The van der Waals surface area contributed by atoms with Crippen molar-refractivity contribution in [2.75, 3.05) is 72.7 Å². The van der Waals surface area contributed by atoms with E-state index in [9.17, 15) is 38.4 Å². The molecule has 0 spiro atoms. The molecule has 4 N–H and O–H groups in total. The van der Waals surface area contributed by atoms with Crippen LogP contribution in [0, 0.1) is 0 Å². The number of hydrogen-bond acceptors (Lipinski definition) is 11. The van der Waals surface area contributed by atoms with Crippen LogP contribution in [0.1, 0.15) is 46.5 Å². The third kappa shape index (κ3) is 17.5. The summed E-state index contributed by atoms with van der Waals surface area (Å²) in [6.45, 7) is 13.3. The third-order valence-electron chi connectivity index (χ3n) is 7.62. The molecule has 0 aromatic heterocycles. The predicted molar refractivity (Wildman–Crippen MR) is 188 cm³/mol. The summed E-state index contributed by atoms with van der Waals surface area (Å²) < 4.78 is 10.2. The fourth-order valence-corrected chi connectivity index (χ4v) is 6.05. The molecule has 1 aliphatic rings. The summed E-state index contributed by atoms with van der Waals surface area (Å²) >= 11 is 1.21. The Kier molecular flexibility index (Phi) is 20.4. The summed E-state index contributed by atoms with van der Waals surface area (Å²) in [5.41, 5.74) is 0. The van der Waals surface area contributed by atoms with Crippen molar-refractivity contribution in [1.29, 1.82) is 0 Å². The first-order valence-corrected chi connectivity index (χ1v) is 17.4. The lowest BCUT2D eigenvalue weighted by atomic mass is 10.1. The molecule has 1 aliphatic heterocycles. The number of amides is 7. The summed E-state index contributed by atoms with van der Waals surface area (Å²) in [5, 5.41) is 16.3. The van der Waals surface area contributed by atoms with Crippen LogP contribution >= 0.6 is 11.8 Å². The van der Waals surface area contributed by atoms with Gasteiger partial charge in [0.25, 0.3) is 0 Å². The molecule has 0 aromatic rings. The molecule has 17 nitrogen and oxygen atoms in total. The Balaban J connectivity index is 2.30. The SMILES string of the molecule is C=CC(=O)NCCN(CCNC(=O)C=C)C(=O)CCC(=O)NCCOCCOCCN1C(=O)CC(SC(C)(C)CC(=O)N(C)[C@@H](C)C(=O)O)C1=O. The zero-order valence-electron chi connectivity index (χ0n) is 29.9. The molecular weight excluding hydrogens is 688 g/mol. The molecule has 18 heteroatoms. The van der Waals surface area contributed by atoms with Gasteiger partial charge < -0.3 is 40.3 Å². The van der Waals surface area contributed by atoms with Gasteiger partial charge in [-0.05, 0) is 19.1 Å². The molecular formula is C33H52N6O11S. The van der Waals surface area contributed by atoms with Crippen molar-refractivity contribution >= 4 is 59.1 Å². The van der Waals surface area contributed by atoms with Gasteiger partial charge in [-0.2, -0.15) is 0 Å². The van der Waals surface area contributed by atoms with Gasteiger partial charge in [-0.15, -0.1) is 11.8 Å². The summed E-state index contributed by atoms with van der Waals surface area (Å²) in [5.74, 6) is -3.64. The first kappa shape index (κ1) is 44.7. The quantitative estimate of drug-likeness (QED) is 0.0492. The van der Waals surface area contributed by atoms with Crippen LogP contribution in [0.15, 0.2) is 25.3 Å². The number of carboxylic acid groups (broad SMARTS) is 1. The van der Waals surface area contributed by atoms with E-state index < -0.39 is 22.0 Å². The first-order valence-electron chi connectivity index (χ1n) is 16.5. The second-order valence-electron chi connectivity index (χ2n) is 12.1. The highest BCUT2D eigenvalue weighted by Crippen LogP contribution is 2.37. The lowest BCUT2D eigenvalue weighted by Gasteiger charge is -2.29. The predicted octanol–water partition coefficient (Wildman–Crippen LogP) is -0.690. The zero-order valence-corrected chi connectivity index (χ0v) is 30.7. The number of likely N-dealkylation sites (N-methyl/N-ethyl adjacent to an activating group) is 1. The fraction of sp³-hybridized carbons (Fsp3) is 0.636. The lowest BCUT2D eigenvalue weighted by molar-refractivity contribution is -0.148. The minimum absolute atomic E-state index is 0.00474. The number of carboxylic acids is 1. The number of nitrogens with one attached hydrogen (secondary N) is 3. The van der Waals surface area contributed by atoms with Crippen molar-refractivity contribution in [3.05, 3.63) is 25.3 Å². The molecule has 0 aromatic carbocycles. The van der Waals surface area contributed by atoms with Gasteiger partial charge in [-0.1, -0.05) is 27.0 Å². The van der Waals surface area contributed by atoms with Crippen LogP contribution in [0.3, 0.4) is 0 Å². The molecule has 0 aliphatic carbocycles. The molecule has 0 bridgehead atoms. The summed E-state index contributed by atoms with van der Waals surface area (Å²) in [6.07, 6.45) is 2.07. The first-order chi connectivity index (χ1) is 24.0. The van der Waals surface area contributed by atoms with Gasteiger partial charge in [0.15, 0.2) is 0 Å². The Hall–Kier alpha value is -4.29. The Morgan fingerprint density at radius 3 is 2.04 bits per heavy atom. The van der Waals surface area contributed by atoms with E-state index in [2.05, 4.69) is 29.1 Å². The van der Waals surface area contributed by atoms with Crippen molar-refractivity contribution in [2.24, 2.45) is 0 Å². The zero-order chi connectivity index (χ0) is 38.6. The van der Waals surface area contributed by atoms with Crippen LogP contribution in [0.4, 0.5) is 0 Å². The number of imide groups is 1. The number of nitrogens with zero attached hydrogens (tertiary/aromatic N) is 3. The van der Waals surface area contributed by atoms with E-state index in [1.165, 1.54) is 30.6 Å². The Morgan fingerprint density at radius 2 is 1.49 bits per heavy atom. The van der Waals surface area contributed by atoms with Crippen molar-refractivity contribution in [3.8, 4) is 0 Å². The number of carbonyl (C=O) groups excluding carboxylic acids is 7. The molecule has 0 saturated carbocycles. The maximum absolute atomic E-state index is 12.9. The van der Waals surface area contributed by atoms with E-state index in [0.29, 0.717) is 0 Å². The van der Waals surface area contributed by atoms with Crippen molar-refractivity contribution in [3.63, 3.8) is 0 Å².